The van der Waals surface area contributed by atoms with Crippen LogP contribution >= 0.6 is 45.2 Å². The maximum absolute atomic E-state index is 9.86. The van der Waals surface area contributed by atoms with E-state index in [-0.39, 0.29) is 0 Å². The van der Waals surface area contributed by atoms with Crippen molar-refractivity contribution in [2.24, 2.45) is 0 Å². The lowest BCUT2D eigenvalue weighted by Gasteiger charge is -2.15. The second kappa shape index (κ2) is 11.0. The summed E-state index contributed by atoms with van der Waals surface area (Å²) in [5, 5.41) is 12.1. The van der Waals surface area contributed by atoms with Gasteiger partial charge in [-0.05, 0) is 116 Å². The predicted octanol–water partition coefficient (Wildman–Crippen LogP) is 8.09. The molecule has 4 rings (SSSR count). The van der Waals surface area contributed by atoms with E-state index >= 15 is 0 Å². The number of fused-ring (bicyclic) bond motifs is 1. The van der Waals surface area contributed by atoms with Gasteiger partial charge in [-0.25, -0.2) is 0 Å². The summed E-state index contributed by atoms with van der Waals surface area (Å²) in [7, 11) is 0. The summed E-state index contributed by atoms with van der Waals surface area (Å²) in [4.78, 5) is 0. The molecule has 0 saturated carbocycles. The first-order valence-corrected chi connectivity index (χ1v) is 12.7. The molecule has 0 saturated heterocycles. The molecular weight excluding hydrogens is 636 g/mol. The molecule has 3 nitrogen and oxygen atoms in total. The number of benzene rings is 4. The van der Waals surface area contributed by atoms with Crippen LogP contribution in [0.5, 0.6) is 11.5 Å². The molecule has 0 spiro atoms. The van der Waals surface area contributed by atoms with E-state index in [0.29, 0.717) is 24.5 Å². The molecule has 0 unspecified atom stereocenters. The van der Waals surface area contributed by atoms with Gasteiger partial charge in [-0.15, -0.1) is 0 Å². The van der Waals surface area contributed by atoms with Crippen LogP contribution in [0, 0.1) is 18.5 Å². The topological polar surface area (TPSA) is 42.2 Å². The molecule has 0 aromatic heterocycles. The van der Waals surface area contributed by atoms with Crippen molar-refractivity contribution >= 4 is 67.6 Å². The van der Waals surface area contributed by atoms with Gasteiger partial charge in [0.05, 0.1) is 21.8 Å². The third-order valence-corrected chi connectivity index (χ3v) is 6.64. The van der Waals surface area contributed by atoms with E-state index in [1.54, 1.807) is 0 Å². The molecular formula is C28H21I2NO2. The molecule has 164 valence electrons. The van der Waals surface area contributed by atoms with E-state index in [1.165, 1.54) is 3.57 Å². The average Bonchev–Trinajstić information content (AvgIpc) is 2.83. The summed E-state index contributed by atoms with van der Waals surface area (Å²) in [5.41, 5.74) is 3.49. The summed E-state index contributed by atoms with van der Waals surface area (Å²) in [6, 6.07) is 28.8. The number of hydrogen-bond donors (Lipinski definition) is 0. The van der Waals surface area contributed by atoms with Gasteiger partial charge in [-0.1, -0.05) is 48.5 Å². The highest BCUT2D eigenvalue weighted by Gasteiger charge is 2.13. The number of rotatable bonds is 7. The van der Waals surface area contributed by atoms with Crippen molar-refractivity contribution in [3.05, 3.63) is 103 Å². The van der Waals surface area contributed by atoms with Crippen molar-refractivity contribution in [1.29, 1.82) is 5.26 Å². The highest BCUT2D eigenvalue weighted by molar-refractivity contribution is 14.1. The second-order valence-electron chi connectivity index (χ2n) is 7.41. The minimum Gasteiger partial charge on any atom is -0.490 e. The monoisotopic (exact) mass is 657 g/mol. The first kappa shape index (κ1) is 23.6. The molecule has 33 heavy (non-hydrogen) atoms. The van der Waals surface area contributed by atoms with E-state index in [2.05, 4.69) is 93.7 Å². The Bertz CT molecular complexity index is 1350. The van der Waals surface area contributed by atoms with E-state index < -0.39 is 0 Å². The molecule has 0 aliphatic rings. The molecule has 0 N–H and O–H groups in total. The SMILES string of the molecule is CCOc1cc(/C=C(/C#N)c2ccc3ccccc3c2)cc(I)c1OCc1ccc(I)cc1. The minimum atomic E-state index is 0.461. The van der Waals surface area contributed by atoms with E-state index in [9.17, 15) is 5.26 Å². The van der Waals surface area contributed by atoms with Crippen molar-refractivity contribution in [2.45, 2.75) is 13.5 Å². The lowest BCUT2D eigenvalue weighted by Crippen LogP contribution is -2.02. The Morgan fingerprint density at radius 3 is 2.39 bits per heavy atom. The molecule has 5 heteroatoms. The van der Waals surface area contributed by atoms with Gasteiger partial charge in [0.25, 0.3) is 0 Å². The van der Waals surface area contributed by atoms with Gasteiger partial charge in [0.2, 0.25) is 0 Å². The van der Waals surface area contributed by atoms with E-state index in [4.69, 9.17) is 9.47 Å². The number of hydrogen-bond acceptors (Lipinski definition) is 3. The average molecular weight is 657 g/mol. The van der Waals surface area contributed by atoms with Crippen LogP contribution in [0.3, 0.4) is 0 Å². The van der Waals surface area contributed by atoms with Gasteiger partial charge in [-0.2, -0.15) is 5.26 Å². The summed E-state index contributed by atoms with van der Waals surface area (Å²) < 4.78 is 14.2. The van der Waals surface area contributed by atoms with E-state index in [1.807, 2.05) is 49.4 Å². The molecule has 0 aliphatic heterocycles. The Hall–Kier alpha value is -2.57. The van der Waals surface area contributed by atoms with Crippen molar-refractivity contribution in [3.63, 3.8) is 0 Å². The molecule has 0 amide bonds. The Morgan fingerprint density at radius 1 is 0.909 bits per heavy atom. The van der Waals surface area contributed by atoms with Crippen LogP contribution in [-0.2, 0) is 6.61 Å². The fraction of sp³-hybridized carbons (Fsp3) is 0.107. The van der Waals surface area contributed by atoms with Crippen molar-refractivity contribution in [2.75, 3.05) is 6.61 Å². The molecule has 4 aromatic rings. The summed E-state index contributed by atoms with van der Waals surface area (Å²) in [6.45, 7) is 2.94. The third kappa shape index (κ3) is 5.87. The molecule has 0 aliphatic carbocycles. The maximum atomic E-state index is 9.86. The number of nitrogens with zero attached hydrogens (tertiary/aromatic N) is 1. The quantitative estimate of drug-likeness (QED) is 0.115. The van der Waals surface area contributed by atoms with Crippen molar-refractivity contribution in [3.8, 4) is 17.6 Å². The van der Waals surface area contributed by atoms with Gasteiger partial charge in [0.15, 0.2) is 11.5 Å². The second-order valence-corrected chi connectivity index (χ2v) is 9.82. The zero-order chi connectivity index (χ0) is 23.2. The summed E-state index contributed by atoms with van der Waals surface area (Å²) in [6.07, 6.45) is 1.90. The maximum Gasteiger partial charge on any atom is 0.175 e. The molecule has 4 aromatic carbocycles. The third-order valence-electron chi connectivity index (χ3n) is 5.12. The van der Waals surface area contributed by atoms with Crippen LogP contribution in [0.15, 0.2) is 78.9 Å². The Kier molecular flexibility index (Phi) is 7.89. The zero-order valence-electron chi connectivity index (χ0n) is 18.0. The zero-order valence-corrected chi connectivity index (χ0v) is 22.3. The smallest absolute Gasteiger partial charge is 0.175 e. The summed E-state index contributed by atoms with van der Waals surface area (Å²) >= 11 is 4.56. The first-order valence-electron chi connectivity index (χ1n) is 10.5. The van der Waals surface area contributed by atoms with Crippen LogP contribution in [0.2, 0.25) is 0 Å². The van der Waals surface area contributed by atoms with Crippen molar-refractivity contribution in [1.82, 2.24) is 0 Å². The molecule has 0 heterocycles. The van der Waals surface area contributed by atoms with E-state index in [0.717, 1.165) is 36.8 Å². The largest absolute Gasteiger partial charge is 0.490 e. The predicted molar refractivity (Wildman–Crippen MR) is 151 cm³/mol. The number of allylic oxidation sites excluding steroid dienone is 1. The fourth-order valence-electron chi connectivity index (χ4n) is 3.51. The van der Waals surface area contributed by atoms with Crippen LogP contribution < -0.4 is 9.47 Å². The lowest BCUT2D eigenvalue weighted by molar-refractivity contribution is 0.267. The van der Waals surface area contributed by atoms with Gasteiger partial charge in [-0.3, -0.25) is 0 Å². The molecule has 0 bridgehead atoms. The number of halogens is 2. The molecule has 0 radical (unpaired) electrons. The Balaban J connectivity index is 1.65. The highest BCUT2D eigenvalue weighted by atomic mass is 127. The van der Waals surface area contributed by atoms with Crippen molar-refractivity contribution < 1.29 is 9.47 Å². The van der Waals surface area contributed by atoms with Crippen LogP contribution in [0.4, 0.5) is 0 Å². The number of ether oxygens (including phenoxy) is 2. The standard InChI is InChI=1S/C28H21I2NO2/c1-2-32-27-15-20(14-26(30)28(27)33-18-19-7-11-25(29)12-8-19)13-24(17-31)23-10-9-21-5-3-4-6-22(21)16-23/h3-16H,2,18H2,1H3/b24-13-. The minimum absolute atomic E-state index is 0.461. The molecule has 0 atom stereocenters. The van der Waals surface area contributed by atoms with Gasteiger partial charge < -0.3 is 9.47 Å². The molecule has 0 fully saturated rings. The Morgan fingerprint density at radius 2 is 1.67 bits per heavy atom. The highest BCUT2D eigenvalue weighted by Crippen LogP contribution is 2.36. The van der Waals surface area contributed by atoms with Gasteiger partial charge in [0, 0.05) is 3.57 Å². The normalized spacial score (nSPS) is 11.3. The first-order chi connectivity index (χ1) is 16.1. The van der Waals surface area contributed by atoms with Gasteiger partial charge >= 0.3 is 0 Å². The van der Waals surface area contributed by atoms with Crippen LogP contribution in [0.1, 0.15) is 23.6 Å². The summed E-state index contributed by atoms with van der Waals surface area (Å²) in [5.74, 6) is 1.40. The fourth-order valence-corrected chi connectivity index (χ4v) is 4.65. The van der Waals surface area contributed by atoms with Crippen LogP contribution in [-0.4, -0.2) is 6.61 Å². The van der Waals surface area contributed by atoms with Gasteiger partial charge in [0.1, 0.15) is 6.61 Å². The van der Waals surface area contributed by atoms with Crippen LogP contribution in [0.25, 0.3) is 22.4 Å². The Labute approximate surface area is 221 Å². The lowest BCUT2D eigenvalue weighted by atomic mass is 10.00. The number of nitriles is 1.